The van der Waals surface area contributed by atoms with Crippen LogP contribution in [0.2, 0.25) is 0 Å². The maximum atomic E-state index is 11.2. The summed E-state index contributed by atoms with van der Waals surface area (Å²) in [5.74, 6) is -0.421. The second-order valence-electron chi connectivity index (χ2n) is 6.23. The van der Waals surface area contributed by atoms with Gasteiger partial charge >= 0.3 is 5.97 Å². The van der Waals surface area contributed by atoms with Crippen molar-refractivity contribution in [2.75, 3.05) is 0 Å². The molecule has 21 heavy (non-hydrogen) atoms. The summed E-state index contributed by atoms with van der Waals surface area (Å²) in [5.41, 5.74) is 3.39. The van der Waals surface area contributed by atoms with Gasteiger partial charge in [-0.15, -0.1) is 0 Å². The molecule has 2 aromatic rings. The summed E-state index contributed by atoms with van der Waals surface area (Å²) in [6.07, 6.45) is 0. The minimum absolute atomic E-state index is 0.0956. The molecule has 0 radical (unpaired) electrons. The fourth-order valence-corrected chi connectivity index (χ4v) is 2.27. The number of carboxylic acids is 1. The van der Waals surface area contributed by atoms with Gasteiger partial charge in [0.05, 0.1) is 11.4 Å². The molecule has 0 saturated carbocycles. The van der Waals surface area contributed by atoms with Crippen LogP contribution in [0.5, 0.6) is 0 Å². The fourth-order valence-electron chi connectivity index (χ4n) is 2.27. The first-order valence-corrected chi connectivity index (χ1v) is 6.89. The number of nitrogens with zero attached hydrogens (tertiary/aromatic N) is 2. The van der Waals surface area contributed by atoms with Crippen molar-refractivity contribution in [1.29, 1.82) is 0 Å². The standard InChI is InChI=1S/C17H20N2O2/c1-10-14(16(20)21)11(2)19-15(18-10)12-6-8-13(9-7-12)17(3,4)5/h6-9H,1-5H3,(H,20,21). The molecule has 0 unspecified atom stereocenters. The number of rotatable bonds is 2. The minimum atomic E-state index is -0.986. The molecule has 0 fully saturated rings. The lowest BCUT2D eigenvalue weighted by Crippen LogP contribution is -2.11. The number of aromatic nitrogens is 2. The molecule has 1 aromatic heterocycles. The normalized spacial score (nSPS) is 11.5. The van der Waals surface area contributed by atoms with Crippen molar-refractivity contribution in [3.8, 4) is 11.4 Å². The highest BCUT2D eigenvalue weighted by atomic mass is 16.4. The van der Waals surface area contributed by atoms with E-state index in [1.807, 2.05) is 12.1 Å². The Labute approximate surface area is 124 Å². The number of aryl methyl sites for hydroxylation is 2. The van der Waals surface area contributed by atoms with Gasteiger partial charge in [-0.05, 0) is 24.8 Å². The predicted molar refractivity (Wildman–Crippen MR) is 82.6 cm³/mol. The van der Waals surface area contributed by atoms with Gasteiger partial charge in [0.15, 0.2) is 5.82 Å². The van der Waals surface area contributed by atoms with Crippen molar-refractivity contribution < 1.29 is 9.90 Å². The Morgan fingerprint density at radius 3 is 1.86 bits per heavy atom. The molecule has 0 atom stereocenters. The van der Waals surface area contributed by atoms with Gasteiger partial charge in [0.25, 0.3) is 0 Å². The molecular formula is C17H20N2O2. The van der Waals surface area contributed by atoms with Crippen molar-refractivity contribution in [2.24, 2.45) is 0 Å². The maximum absolute atomic E-state index is 11.2. The molecule has 2 rings (SSSR count). The number of benzene rings is 1. The van der Waals surface area contributed by atoms with E-state index in [-0.39, 0.29) is 11.0 Å². The number of carboxylic acid groups (broad SMARTS) is 1. The van der Waals surface area contributed by atoms with E-state index in [1.54, 1.807) is 13.8 Å². The Morgan fingerprint density at radius 1 is 1.00 bits per heavy atom. The summed E-state index contributed by atoms with van der Waals surface area (Å²) in [6.45, 7) is 9.88. The van der Waals surface area contributed by atoms with Crippen molar-refractivity contribution in [3.05, 3.63) is 46.8 Å². The van der Waals surface area contributed by atoms with Crippen LogP contribution in [0.15, 0.2) is 24.3 Å². The van der Waals surface area contributed by atoms with Crippen molar-refractivity contribution in [3.63, 3.8) is 0 Å². The quantitative estimate of drug-likeness (QED) is 0.912. The van der Waals surface area contributed by atoms with Crippen LogP contribution in [0.3, 0.4) is 0 Å². The third kappa shape index (κ3) is 3.10. The molecule has 0 saturated heterocycles. The Hall–Kier alpha value is -2.23. The minimum Gasteiger partial charge on any atom is -0.478 e. The van der Waals surface area contributed by atoms with Gasteiger partial charge in [0.1, 0.15) is 5.56 Å². The molecule has 1 aromatic carbocycles. The summed E-state index contributed by atoms with van der Waals surface area (Å²) < 4.78 is 0. The third-order valence-corrected chi connectivity index (χ3v) is 3.49. The third-order valence-electron chi connectivity index (χ3n) is 3.49. The van der Waals surface area contributed by atoms with Crippen molar-refractivity contribution in [2.45, 2.75) is 40.0 Å². The van der Waals surface area contributed by atoms with E-state index in [0.29, 0.717) is 17.2 Å². The lowest BCUT2D eigenvalue weighted by Gasteiger charge is -2.19. The topological polar surface area (TPSA) is 63.1 Å². The zero-order valence-corrected chi connectivity index (χ0v) is 13.1. The van der Waals surface area contributed by atoms with Crippen LogP contribution in [0.1, 0.15) is 48.1 Å². The van der Waals surface area contributed by atoms with Gasteiger partial charge < -0.3 is 5.11 Å². The Kier molecular flexibility index (Phi) is 3.81. The lowest BCUT2D eigenvalue weighted by molar-refractivity contribution is 0.0694. The zero-order chi connectivity index (χ0) is 15.8. The van der Waals surface area contributed by atoms with Gasteiger partial charge in [-0.2, -0.15) is 0 Å². The zero-order valence-electron chi connectivity index (χ0n) is 13.1. The maximum Gasteiger partial charge on any atom is 0.339 e. The smallest absolute Gasteiger partial charge is 0.339 e. The molecule has 0 aliphatic carbocycles. The number of hydrogen-bond donors (Lipinski definition) is 1. The van der Waals surface area contributed by atoms with Crippen molar-refractivity contribution >= 4 is 5.97 Å². The Morgan fingerprint density at radius 2 is 1.48 bits per heavy atom. The molecule has 0 bridgehead atoms. The number of hydrogen-bond acceptors (Lipinski definition) is 3. The summed E-state index contributed by atoms with van der Waals surface area (Å²) in [4.78, 5) is 19.8. The van der Waals surface area contributed by atoms with Gasteiger partial charge in [0, 0.05) is 5.56 Å². The molecule has 0 spiro atoms. The average molecular weight is 284 g/mol. The molecule has 110 valence electrons. The van der Waals surface area contributed by atoms with Crippen LogP contribution in [0.25, 0.3) is 11.4 Å². The van der Waals surface area contributed by atoms with Gasteiger partial charge in [-0.25, -0.2) is 14.8 Å². The molecule has 4 heteroatoms. The molecule has 1 N–H and O–H groups in total. The van der Waals surface area contributed by atoms with Crippen molar-refractivity contribution in [1.82, 2.24) is 9.97 Å². The summed E-state index contributed by atoms with van der Waals surface area (Å²) >= 11 is 0. The first-order chi connectivity index (χ1) is 9.70. The van der Waals surface area contributed by atoms with Crippen LogP contribution < -0.4 is 0 Å². The second-order valence-corrected chi connectivity index (χ2v) is 6.23. The first-order valence-electron chi connectivity index (χ1n) is 6.89. The lowest BCUT2D eigenvalue weighted by atomic mass is 9.86. The highest BCUT2D eigenvalue weighted by Crippen LogP contribution is 2.25. The highest BCUT2D eigenvalue weighted by Gasteiger charge is 2.17. The van der Waals surface area contributed by atoms with E-state index in [1.165, 1.54) is 5.56 Å². The van der Waals surface area contributed by atoms with E-state index in [4.69, 9.17) is 5.11 Å². The van der Waals surface area contributed by atoms with E-state index < -0.39 is 5.97 Å². The van der Waals surface area contributed by atoms with Gasteiger partial charge in [0.2, 0.25) is 0 Å². The number of carbonyl (C=O) groups is 1. The van der Waals surface area contributed by atoms with Crippen LogP contribution in [-0.4, -0.2) is 21.0 Å². The monoisotopic (exact) mass is 284 g/mol. The Bertz CT molecular complexity index is 660. The largest absolute Gasteiger partial charge is 0.478 e. The van der Waals surface area contributed by atoms with E-state index >= 15 is 0 Å². The SMILES string of the molecule is Cc1nc(-c2ccc(C(C)(C)C)cc2)nc(C)c1C(=O)O. The fraction of sp³-hybridized carbons (Fsp3) is 0.353. The average Bonchev–Trinajstić information content (AvgIpc) is 2.36. The molecular weight excluding hydrogens is 264 g/mol. The summed E-state index contributed by atoms with van der Waals surface area (Å²) in [7, 11) is 0. The molecule has 0 aliphatic heterocycles. The second kappa shape index (κ2) is 5.28. The molecule has 4 nitrogen and oxygen atoms in total. The number of aromatic carboxylic acids is 1. The molecule has 1 heterocycles. The van der Waals surface area contributed by atoms with E-state index in [9.17, 15) is 4.79 Å². The Balaban J connectivity index is 2.46. The van der Waals surface area contributed by atoms with E-state index in [2.05, 4.69) is 42.9 Å². The highest BCUT2D eigenvalue weighted by molar-refractivity contribution is 5.90. The van der Waals surface area contributed by atoms with Gasteiger partial charge in [-0.3, -0.25) is 0 Å². The predicted octanol–water partition coefficient (Wildman–Crippen LogP) is 3.76. The molecule has 0 amide bonds. The van der Waals surface area contributed by atoms with Crippen LogP contribution in [-0.2, 0) is 5.41 Å². The molecule has 0 aliphatic rings. The summed E-state index contributed by atoms with van der Waals surface area (Å²) in [5, 5.41) is 9.15. The van der Waals surface area contributed by atoms with Crippen LogP contribution in [0.4, 0.5) is 0 Å². The first kappa shape index (κ1) is 15.2. The van der Waals surface area contributed by atoms with Crippen LogP contribution >= 0.6 is 0 Å². The summed E-state index contributed by atoms with van der Waals surface area (Å²) in [6, 6.07) is 8.09. The van der Waals surface area contributed by atoms with Crippen LogP contribution in [0, 0.1) is 13.8 Å². The van der Waals surface area contributed by atoms with E-state index in [0.717, 1.165) is 5.56 Å². The van der Waals surface area contributed by atoms with Gasteiger partial charge in [-0.1, -0.05) is 45.0 Å².